The summed E-state index contributed by atoms with van der Waals surface area (Å²) in [6, 6.07) is 1.18. The Hall–Kier alpha value is -1.05. The maximum atomic E-state index is 13.0. The van der Waals surface area contributed by atoms with Crippen molar-refractivity contribution in [1.82, 2.24) is 4.98 Å². The van der Waals surface area contributed by atoms with E-state index in [2.05, 4.69) is 4.98 Å². The topological polar surface area (TPSA) is 68.4 Å². The molecule has 0 fully saturated rings. The van der Waals surface area contributed by atoms with Crippen LogP contribution in [0.15, 0.2) is 6.07 Å². The summed E-state index contributed by atoms with van der Waals surface area (Å²) >= 11 is 5.85. The van der Waals surface area contributed by atoms with Crippen LogP contribution in [0.25, 0.3) is 0 Å². The van der Waals surface area contributed by atoms with Gasteiger partial charge in [-0.25, -0.2) is 4.98 Å². The van der Waals surface area contributed by atoms with Gasteiger partial charge in [0.05, 0.1) is 12.3 Å². The Morgan fingerprint density at radius 3 is 2.70 bits per heavy atom. The Bertz CT molecular complexity index is 524. The van der Waals surface area contributed by atoms with Crippen molar-refractivity contribution in [3.63, 3.8) is 0 Å². The average Bonchev–Trinajstić information content (AvgIpc) is 2.79. The Labute approximate surface area is 118 Å². The van der Waals surface area contributed by atoms with Crippen molar-refractivity contribution < 1.29 is 23.0 Å². The van der Waals surface area contributed by atoms with Gasteiger partial charge in [0, 0.05) is 18.0 Å². The molecule has 3 N–H and O–H groups in total. The molecule has 0 aliphatic carbocycles. The average molecular weight is 311 g/mol. The number of nitrogens with two attached hydrogens (primary N) is 1. The minimum atomic E-state index is -4.94. The molecular weight excluding hydrogens is 297 g/mol. The van der Waals surface area contributed by atoms with E-state index in [0.29, 0.717) is 18.6 Å². The van der Waals surface area contributed by atoms with Gasteiger partial charge in [0.2, 0.25) is 5.60 Å². The van der Waals surface area contributed by atoms with Gasteiger partial charge >= 0.3 is 6.18 Å². The first-order valence-electron chi connectivity index (χ1n) is 6.07. The smallest absolute Gasteiger partial charge is 0.424 e. The molecule has 1 aromatic rings. The third-order valence-corrected chi connectivity index (χ3v) is 3.77. The summed E-state index contributed by atoms with van der Waals surface area (Å²) in [5.41, 5.74) is 1.82. The third kappa shape index (κ3) is 2.23. The van der Waals surface area contributed by atoms with E-state index in [4.69, 9.17) is 22.1 Å². The van der Waals surface area contributed by atoms with Crippen LogP contribution < -0.4 is 10.5 Å². The number of halogens is 4. The van der Waals surface area contributed by atoms with Gasteiger partial charge in [-0.15, -0.1) is 0 Å². The molecular formula is C12H14ClF3N2O2. The van der Waals surface area contributed by atoms with E-state index < -0.39 is 24.0 Å². The zero-order valence-electron chi connectivity index (χ0n) is 10.7. The second-order valence-corrected chi connectivity index (χ2v) is 5.05. The van der Waals surface area contributed by atoms with Gasteiger partial charge in [-0.3, -0.25) is 0 Å². The van der Waals surface area contributed by atoms with Crippen molar-refractivity contribution in [2.24, 2.45) is 5.73 Å². The quantitative estimate of drug-likeness (QED) is 0.841. The SMILES string of the molecule is CCC1COc2c1cc([C@](O)(CN)C(F)(F)F)nc2Cl. The summed E-state index contributed by atoms with van der Waals surface area (Å²) in [4.78, 5) is 3.61. The lowest BCUT2D eigenvalue weighted by Gasteiger charge is -2.29. The highest BCUT2D eigenvalue weighted by atomic mass is 35.5. The fourth-order valence-electron chi connectivity index (χ4n) is 2.16. The number of nitrogens with zero attached hydrogens (tertiary/aromatic N) is 1. The van der Waals surface area contributed by atoms with Crippen molar-refractivity contribution in [2.75, 3.05) is 13.2 Å². The van der Waals surface area contributed by atoms with E-state index in [9.17, 15) is 18.3 Å². The third-order valence-electron chi connectivity index (χ3n) is 3.51. The number of ether oxygens (including phenoxy) is 1. The Balaban J connectivity index is 2.57. The molecule has 2 rings (SSSR count). The molecule has 8 heteroatoms. The van der Waals surface area contributed by atoms with Crippen molar-refractivity contribution >= 4 is 11.6 Å². The van der Waals surface area contributed by atoms with Gasteiger partial charge in [-0.05, 0) is 12.5 Å². The standard InChI is InChI=1S/C12H14ClF3N2O2/c1-2-6-4-20-9-7(6)3-8(18-10(9)13)11(19,5-17)12(14,15)16/h3,6,19H,2,4-5,17H2,1H3/t6?,11-/m1/s1. The molecule has 2 heterocycles. The number of hydrogen-bond acceptors (Lipinski definition) is 4. The Morgan fingerprint density at radius 1 is 1.55 bits per heavy atom. The molecule has 1 aliphatic heterocycles. The number of hydrogen-bond donors (Lipinski definition) is 2. The number of rotatable bonds is 3. The highest BCUT2D eigenvalue weighted by Crippen LogP contribution is 2.44. The Kier molecular flexibility index (Phi) is 3.88. The second-order valence-electron chi connectivity index (χ2n) is 4.69. The zero-order valence-corrected chi connectivity index (χ0v) is 11.4. The largest absolute Gasteiger partial charge is 0.489 e. The van der Waals surface area contributed by atoms with Crippen LogP contribution in [0.2, 0.25) is 5.15 Å². The molecule has 1 aliphatic rings. The van der Waals surface area contributed by atoms with Gasteiger partial charge in [-0.1, -0.05) is 18.5 Å². The predicted octanol–water partition coefficient (Wildman–Crippen LogP) is 2.33. The van der Waals surface area contributed by atoms with Crippen molar-refractivity contribution in [3.8, 4) is 5.75 Å². The first kappa shape index (κ1) is 15.3. The van der Waals surface area contributed by atoms with Crippen LogP contribution in [-0.2, 0) is 5.60 Å². The number of aromatic nitrogens is 1. The molecule has 0 aromatic carbocycles. The number of alkyl halides is 3. The minimum Gasteiger partial charge on any atom is -0.489 e. The summed E-state index contributed by atoms with van der Waals surface area (Å²) < 4.78 is 44.4. The van der Waals surface area contributed by atoms with Gasteiger partial charge in [-0.2, -0.15) is 13.2 Å². The number of aliphatic hydroxyl groups is 1. The monoisotopic (exact) mass is 310 g/mol. The molecule has 1 unspecified atom stereocenters. The van der Waals surface area contributed by atoms with Gasteiger partial charge < -0.3 is 15.6 Å². The molecule has 20 heavy (non-hydrogen) atoms. The van der Waals surface area contributed by atoms with E-state index >= 15 is 0 Å². The summed E-state index contributed by atoms with van der Waals surface area (Å²) in [7, 11) is 0. The van der Waals surface area contributed by atoms with Crippen LogP contribution in [0.3, 0.4) is 0 Å². The maximum Gasteiger partial charge on any atom is 0.424 e. The summed E-state index contributed by atoms with van der Waals surface area (Å²) in [5, 5.41) is 9.64. The first-order chi connectivity index (χ1) is 9.24. The molecule has 2 atom stereocenters. The molecule has 1 aromatic heterocycles. The second kappa shape index (κ2) is 5.05. The molecule has 0 saturated heterocycles. The van der Waals surface area contributed by atoms with Crippen LogP contribution in [0.5, 0.6) is 5.75 Å². The van der Waals surface area contributed by atoms with Crippen LogP contribution in [-0.4, -0.2) is 29.4 Å². The van der Waals surface area contributed by atoms with Crippen molar-refractivity contribution in [3.05, 3.63) is 22.5 Å². The fourth-order valence-corrected chi connectivity index (χ4v) is 2.41. The number of fused-ring (bicyclic) bond motifs is 1. The normalized spacial score (nSPS) is 21.2. The summed E-state index contributed by atoms with van der Waals surface area (Å²) in [6.45, 7) is 1.19. The predicted molar refractivity (Wildman–Crippen MR) is 66.8 cm³/mol. The molecule has 112 valence electrons. The lowest BCUT2D eigenvalue weighted by atomic mass is 9.93. The van der Waals surface area contributed by atoms with Crippen LogP contribution in [0.4, 0.5) is 13.2 Å². The highest BCUT2D eigenvalue weighted by molar-refractivity contribution is 6.31. The van der Waals surface area contributed by atoms with E-state index in [1.807, 2.05) is 6.92 Å². The molecule has 0 saturated carbocycles. The molecule has 0 radical (unpaired) electrons. The summed E-state index contributed by atoms with van der Waals surface area (Å²) in [6.07, 6.45) is -4.26. The van der Waals surface area contributed by atoms with Gasteiger partial charge in [0.15, 0.2) is 10.9 Å². The van der Waals surface area contributed by atoms with Gasteiger partial charge in [0.1, 0.15) is 0 Å². The Morgan fingerprint density at radius 2 is 2.20 bits per heavy atom. The summed E-state index contributed by atoms with van der Waals surface area (Å²) in [5.74, 6) is 0.211. The molecule has 0 amide bonds. The van der Waals surface area contributed by atoms with Crippen LogP contribution in [0, 0.1) is 0 Å². The van der Waals surface area contributed by atoms with Crippen molar-refractivity contribution in [2.45, 2.75) is 31.0 Å². The maximum absolute atomic E-state index is 13.0. The van der Waals surface area contributed by atoms with Crippen LogP contribution >= 0.6 is 11.6 Å². The lowest BCUT2D eigenvalue weighted by Crippen LogP contribution is -2.49. The molecule has 0 spiro atoms. The zero-order chi connectivity index (χ0) is 15.1. The number of pyridine rings is 1. The van der Waals surface area contributed by atoms with E-state index in [-0.39, 0.29) is 16.8 Å². The van der Waals surface area contributed by atoms with Crippen molar-refractivity contribution in [1.29, 1.82) is 0 Å². The van der Waals surface area contributed by atoms with Crippen LogP contribution in [0.1, 0.15) is 30.5 Å². The lowest BCUT2D eigenvalue weighted by molar-refractivity contribution is -0.263. The van der Waals surface area contributed by atoms with E-state index in [1.54, 1.807) is 0 Å². The molecule has 0 bridgehead atoms. The minimum absolute atomic E-state index is 0.0699. The molecule has 4 nitrogen and oxygen atoms in total. The highest BCUT2D eigenvalue weighted by Gasteiger charge is 2.55. The van der Waals surface area contributed by atoms with Gasteiger partial charge in [0.25, 0.3) is 0 Å². The van der Waals surface area contributed by atoms with E-state index in [1.165, 1.54) is 6.07 Å². The first-order valence-corrected chi connectivity index (χ1v) is 6.45. The fraction of sp³-hybridized carbons (Fsp3) is 0.583. The van der Waals surface area contributed by atoms with E-state index in [0.717, 1.165) is 0 Å².